The van der Waals surface area contributed by atoms with Gasteiger partial charge in [-0.2, -0.15) is 0 Å². The van der Waals surface area contributed by atoms with Gasteiger partial charge in [0, 0.05) is 14.5 Å². The topological polar surface area (TPSA) is 9.23 Å². The highest BCUT2D eigenvalue weighted by Gasteiger charge is 2.19. The van der Waals surface area contributed by atoms with Crippen LogP contribution in [0.2, 0.25) is 0 Å². The molecule has 0 spiro atoms. The summed E-state index contributed by atoms with van der Waals surface area (Å²) in [4.78, 5) is 0. The van der Waals surface area contributed by atoms with Crippen molar-refractivity contribution in [2.75, 3.05) is 0 Å². The molecule has 0 bridgehead atoms. The van der Waals surface area contributed by atoms with Crippen LogP contribution in [0.15, 0.2) is 48.2 Å². The lowest BCUT2D eigenvalue weighted by Gasteiger charge is -2.16. The molecule has 0 amide bonds. The molecule has 0 aliphatic carbocycles. The van der Waals surface area contributed by atoms with E-state index in [-0.39, 0.29) is 0 Å². The fraction of sp³-hybridized carbons (Fsp3) is 0.143. The molecule has 0 aromatic heterocycles. The number of ether oxygens (including phenoxy) is 1. The van der Waals surface area contributed by atoms with Crippen molar-refractivity contribution in [3.63, 3.8) is 0 Å². The molecule has 0 saturated carbocycles. The minimum atomic E-state index is 0.819. The van der Waals surface area contributed by atoms with Crippen LogP contribution in [-0.2, 0) is 6.42 Å². The first-order chi connectivity index (χ1) is 9.06. The van der Waals surface area contributed by atoms with Crippen molar-refractivity contribution in [3.05, 3.63) is 53.8 Å². The van der Waals surface area contributed by atoms with Crippen molar-refractivity contribution in [1.29, 1.82) is 0 Å². The summed E-state index contributed by atoms with van der Waals surface area (Å²) in [7, 11) is 0. The van der Waals surface area contributed by atoms with Crippen molar-refractivity contribution in [2.24, 2.45) is 0 Å². The van der Waals surface area contributed by atoms with Crippen LogP contribution in [0.25, 0.3) is 0 Å². The molecule has 0 heterocycles. The highest BCUT2D eigenvalue weighted by molar-refractivity contribution is 9.15. The van der Waals surface area contributed by atoms with E-state index in [1.54, 1.807) is 0 Å². The van der Waals surface area contributed by atoms with Crippen LogP contribution in [0, 0.1) is 0 Å². The molecule has 2 aromatic carbocycles. The fourth-order valence-electron chi connectivity index (χ4n) is 1.69. The van der Waals surface area contributed by atoms with Gasteiger partial charge in [0.1, 0.15) is 11.5 Å². The Balaban J connectivity index is 2.56. The maximum Gasteiger partial charge on any atom is 0.147 e. The predicted octanol–water partition coefficient (Wildman–Crippen LogP) is 7.09. The molecule has 0 fully saturated rings. The molecule has 0 atom stereocenters. The second-order valence-corrected chi connectivity index (χ2v) is 7.00. The molecule has 2 rings (SSSR count). The summed E-state index contributed by atoms with van der Waals surface area (Å²) in [6, 6.07) is 9.76. The van der Waals surface area contributed by atoms with Gasteiger partial charge in [-0.05, 0) is 82.3 Å². The van der Waals surface area contributed by atoms with Crippen LogP contribution in [-0.4, -0.2) is 0 Å². The Kier molecular flexibility index (Phi) is 5.52. The average molecular weight is 514 g/mol. The summed E-state index contributed by atoms with van der Waals surface area (Å²) in [5.74, 6) is 1.65. The molecule has 19 heavy (non-hydrogen) atoms. The number of rotatable bonds is 3. The third-order valence-electron chi connectivity index (χ3n) is 2.63. The van der Waals surface area contributed by atoms with Gasteiger partial charge in [-0.25, -0.2) is 0 Å². The Hall–Kier alpha value is 0.160. The van der Waals surface area contributed by atoms with Crippen molar-refractivity contribution in [2.45, 2.75) is 13.3 Å². The smallest absolute Gasteiger partial charge is 0.147 e. The van der Waals surface area contributed by atoms with Crippen molar-refractivity contribution < 1.29 is 4.74 Å². The van der Waals surface area contributed by atoms with Crippen LogP contribution in [0.1, 0.15) is 12.5 Å². The average Bonchev–Trinajstić information content (AvgIpc) is 2.44. The monoisotopic (exact) mass is 510 g/mol. The number of halogens is 4. The molecular formula is C14H10Br4O. The van der Waals surface area contributed by atoms with Gasteiger partial charge < -0.3 is 4.74 Å². The number of para-hydroxylation sites is 1. The van der Waals surface area contributed by atoms with Gasteiger partial charge in [0.2, 0.25) is 0 Å². The lowest BCUT2D eigenvalue weighted by atomic mass is 10.1. The molecule has 0 unspecified atom stereocenters. The Bertz CT molecular complexity index is 596. The Labute approximate surface area is 146 Å². The largest absolute Gasteiger partial charge is 0.456 e. The van der Waals surface area contributed by atoms with E-state index in [1.807, 2.05) is 30.3 Å². The lowest BCUT2D eigenvalue weighted by molar-refractivity contribution is 0.472. The highest BCUT2D eigenvalue weighted by atomic mass is 79.9. The van der Waals surface area contributed by atoms with Gasteiger partial charge in [0.05, 0.1) is 8.95 Å². The zero-order valence-corrected chi connectivity index (χ0v) is 16.4. The van der Waals surface area contributed by atoms with E-state index in [1.165, 1.54) is 0 Å². The zero-order valence-electron chi connectivity index (χ0n) is 10.0. The van der Waals surface area contributed by atoms with Crippen molar-refractivity contribution >= 4 is 63.7 Å². The molecule has 0 saturated heterocycles. The minimum absolute atomic E-state index is 0.819. The van der Waals surface area contributed by atoms with Crippen molar-refractivity contribution in [1.82, 2.24) is 0 Å². The van der Waals surface area contributed by atoms with E-state index in [2.05, 4.69) is 70.6 Å². The van der Waals surface area contributed by atoms with E-state index >= 15 is 0 Å². The summed E-state index contributed by atoms with van der Waals surface area (Å²) < 4.78 is 9.85. The van der Waals surface area contributed by atoms with Crippen LogP contribution >= 0.6 is 63.7 Å². The molecule has 5 heteroatoms. The molecule has 100 valence electrons. The first-order valence-electron chi connectivity index (χ1n) is 5.64. The second-order valence-electron chi connectivity index (χ2n) is 3.83. The van der Waals surface area contributed by atoms with Gasteiger partial charge in [0.15, 0.2) is 0 Å². The normalized spacial score (nSPS) is 10.6. The van der Waals surface area contributed by atoms with E-state index in [4.69, 9.17) is 4.74 Å². The minimum Gasteiger partial charge on any atom is -0.456 e. The van der Waals surface area contributed by atoms with E-state index in [9.17, 15) is 0 Å². The number of benzene rings is 2. The zero-order chi connectivity index (χ0) is 14.0. The summed E-state index contributed by atoms with van der Waals surface area (Å²) in [6.07, 6.45) is 0.868. The Morgan fingerprint density at radius 2 is 1.42 bits per heavy atom. The molecule has 0 aliphatic rings. The first kappa shape index (κ1) is 15.5. The second kappa shape index (κ2) is 6.74. The van der Waals surface area contributed by atoms with Gasteiger partial charge in [0.25, 0.3) is 0 Å². The van der Waals surface area contributed by atoms with Crippen molar-refractivity contribution in [3.8, 4) is 11.5 Å². The first-order valence-corrected chi connectivity index (χ1v) is 8.81. The lowest BCUT2D eigenvalue weighted by Crippen LogP contribution is -1.95. The summed E-state index contributed by atoms with van der Waals surface area (Å²) in [5, 5.41) is 0. The number of hydrogen-bond acceptors (Lipinski definition) is 1. The maximum absolute atomic E-state index is 6.02. The third-order valence-corrected chi connectivity index (χ3v) is 7.45. The van der Waals surface area contributed by atoms with Crippen LogP contribution in [0.4, 0.5) is 0 Å². The fourth-order valence-corrected chi connectivity index (χ4v) is 4.21. The summed E-state index contributed by atoms with van der Waals surface area (Å²) in [6.45, 7) is 2.10. The number of hydrogen-bond donors (Lipinski definition) is 0. The van der Waals surface area contributed by atoms with E-state index < -0.39 is 0 Å². The third kappa shape index (κ3) is 3.26. The van der Waals surface area contributed by atoms with Gasteiger partial charge in [-0.15, -0.1) is 0 Å². The molecule has 2 aromatic rings. The molecule has 0 N–H and O–H groups in total. The maximum atomic E-state index is 6.02. The molecule has 0 radical (unpaired) electrons. The van der Waals surface area contributed by atoms with Gasteiger partial charge in [-0.3, -0.25) is 0 Å². The molecular weight excluding hydrogens is 504 g/mol. The van der Waals surface area contributed by atoms with E-state index in [0.29, 0.717) is 0 Å². The molecule has 0 aliphatic heterocycles. The van der Waals surface area contributed by atoms with Crippen LogP contribution in [0.5, 0.6) is 11.5 Å². The highest BCUT2D eigenvalue weighted by Crippen LogP contribution is 2.47. The van der Waals surface area contributed by atoms with E-state index in [0.717, 1.165) is 41.4 Å². The van der Waals surface area contributed by atoms with Crippen LogP contribution < -0.4 is 4.74 Å². The van der Waals surface area contributed by atoms with Gasteiger partial charge >= 0.3 is 0 Å². The quantitative estimate of drug-likeness (QED) is 0.314. The summed E-state index contributed by atoms with van der Waals surface area (Å²) in [5.41, 5.74) is 1.12. The Morgan fingerprint density at radius 1 is 0.842 bits per heavy atom. The van der Waals surface area contributed by atoms with Gasteiger partial charge in [-0.1, -0.05) is 25.1 Å². The van der Waals surface area contributed by atoms with Crippen LogP contribution in [0.3, 0.4) is 0 Å². The Morgan fingerprint density at radius 3 is 2.00 bits per heavy atom. The molecule has 1 nitrogen and oxygen atoms in total. The SMILES string of the molecule is CCc1c(Br)c(Br)c(Br)c(Br)c1Oc1ccccc1. The standard InChI is InChI=1S/C14H10Br4O/c1-2-9-10(15)11(16)12(17)13(18)14(9)19-8-6-4-3-5-7-8/h3-7H,2H2,1H3. The summed E-state index contributed by atoms with van der Waals surface area (Å²) >= 11 is 14.3. The predicted molar refractivity (Wildman–Crippen MR) is 93.1 cm³/mol.